The van der Waals surface area contributed by atoms with Gasteiger partial charge in [-0.05, 0) is 55.8 Å². The Morgan fingerprint density at radius 2 is 1.66 bits per heavy atom. The number of esters is 1. The largest absolute Gasteiger partial charge is 0.451 e. The lowest BCUT2D eigenvalue weighted by atomic mass is 10.1. The maximum Gasteiger partial charge on any atom is 0.339 e. The van der Waals surface area contributed by atoms with Gasteiger partial charge in [0.05, 0.1) is 10.5 Å². The Morgan fingerprint density at radius 1 is 1.07 bits per heavy atom. The molecular weight excluding hydrogens is 397 g/mol. The molecule has 0 heterocycles. The standard InChI is InChI=1S/C21H24FNO5S/c1-5-23(6-2)29(26,27)18-12-7-14(3)19(13-18)21(25)28-15(4)20(24)16-8-10-17(22)11-9-16/h7-13,15H,5-6H2,1-4H3/t15-/m1/s1. The van der Waals surface area contributed by atoms with Crippen molar-refractivity contribution >= 4 is 21.8 Å². The second-order valence-corrected chi connectivity index (χ2v) is 8.42. The van der Waals surface area contributed by atoms with E-state index in [1.54, 1.807) is 20.8 Å². The van der Waals surface area contributed by atoms with Crippen molar-refractivity contribution in [1.29, 1.82) is 0 Å². The first-order valence-corrected chi connectivity index (χ1v) is 10.7. The summed E-state index contributed by atoms with van der Waals surface area (Å²) in [6.45, 7) is 7.12. The minimum Gasteiger partial charge on any atom is -0.451 e. The van der Waals surface area contributed by atoms with Crippen molar-refractivity contribution < 1.29 is 27.1 Å². The van der Waals surface area contributed by atoms with Gasteiger partial charge in [-0.15, -0.1) is 0 Å². The number of aryl methyl sites for hydroxylation is 1. The smallest absolute Gasteiger partial charge is 0.339 e. The van der Waals surface area contributed by atoms with E-state index < -0.39 is 33.7 Å². The van der Waals surface area contributed by atoms with Gasteiger partial charge < -0.3 is 4.74 Å². The summed E-state index contributed by atoms with van der Waals surface area (Å²) in [5.41, 5.74) is 0.799. The number of carbonyl (C=O) groups excluding carboxylic acids is 2. The third kappa shape index (κ3) is 5.07. The van der Waals surface area contributed by atoms with E-state index in [4.69, 9.17) is 4.74 Å². The number of carbonyl (C=O) groups is 2. The van der Waals surface area contributed by atoms with Crippen LogP contribution in [0.1, 0.15) is 47.1 Å². The molecule has 0 bridgehead atoms. The summed E-state index contributed by atoms with van der Waals surface area (Å²) in [5, 5.41) is 0. The van der Waals surface area contributed by atoms with Crippen molar-refractivity contribution in [2.75, 3.05) is 13.1 Å². The predicted octanol–water partition coefficient (Wildman–Crippen LogP) is 3.59. The van der Waals surface area contributed by atoms with Crippen LogP contribution in [0.25, 0.3) is 0 Å². The van der Waals surface area contributed by atoms with E-state index in [-0.39, 0.29) is 16.0 Å². The zero-order valence-electron chi connectivity index (χ0n) is 16.8. The van der Waals surface area contributed by atoms with Crippen LogP contribution in [0.15, 0.2) is 47.4 Å². The highest BCUT2D eigenvalue weighted by molar-refractivity contribution is 7.89. The van der Waals surface area contributed by atoms with Crippen LogP contribution in [0, 0.1) is 12.7 Å². The molecule has 0 N–H and O–H groups in total. The first-order chi connectivity index (χ1) is 13.6. The molecule has 156 valence electrons. The Morgan fingerprint density at radius 3 is 2.21 bits per heavy atom. The lowest BCUT2D eigenvalue weighted by Gasteiger charge is -2.19. The molecule has 0 amide bonds. The molecule has 8 heteroatoms. The fraction of sp³-hybridized carbons (Fsp3) is 0.333. The van der Waals surface area contributed by atoms with Crippen LogP contribution in [-0.2, 0) is 14.8 Å². The molecule has 0 aliphatic carbocycles. The zero-order chi connectivity index (χ0) is 21.8. The number of halogens is 1. The molecule has 0 spiro atoms. The number of Topliss-reactive ketones (excluding diaryl/α,β-unsaturated/α-hetero) is 1. The van der Waals surface area contributed by atoms with Crippen molar-refractivity contribution in [3.63, 3.8) is 0 Å². The summed E-state index contributed by atoms with van der Waals surface area (Å²) >= 11 is 0. The minimum absolute atomic E-state index is 0.0173. The van der Waals surface area contributed by atoms with E-state index in [2.05, 4.69) is 0 Å². The van der Waals surface area contributed by atoms with E-state index >= 15 is 0 Å². The summed E-state index contributed by atoms with van der Waals surface area (Å²) in [4.78, 5) is 25.0. The third-order valence-electron chi connectivity index (χ3n) is 4.55. The molecule has 0 fully saturated rings. The molecule has 0 unspecified atom stereocenters. The number of ether oxygens (including phenoxy) is 1. The van der Waals surface area contributed by atoms with E-state index in [1.807, 2.05) is 0 Å². The number of sulfonamides is 1. The molecular formula is C21H24FNO5S. The van der Waals surface area contributed by atoms with Crippen molar-refractivity contribution in [1.82, 2.24) is 4.31 Å². The fourth-order valence-electron chi connectivity index (χ4n) is 2.82. The SMILES string of the molecule is CCN(CC)S(=O)(=O)c1ccc(C)c(C(=O)O[C@H](C)C(=O)c2ccc(F)cc2)c1. The highest BCUT2D eigenvalue weighted by atomic mass is 32.2. The molecule has 6 nitrogen and oxygen atoms in total. The lowest BCUT2D eigenvalue weighted by Crippen LogP contribution is -2.31. The van der Waals surface area contributed by atoms with Gasteiger partial charge in [0.25, 0.3) is 0 Å². The Bertz CT molecular complexity index is 998. The molecule has 29 heavy (non-hydrogen) atoms. The molecule has 0 saturated carbocycles. The fourth-order valence-corrected chi connectivity index (χ4v) is 4.31. The first kappa shape index (κ1) is 22.7. The summed E-state index contributed by atoms with van der Waals surface area (Å²) in [6, 6.07) is 9.14. The Hall–Kier alpha value is -2.58. The summed E-state index contributed by atoms with van der Waals surface area (Å²) in [6.07, 6.45) is -1.12. The van der Waals surface area contributed by atoms with E-state index in [0.29, 0.717) is 18.7 Å². The van der Waals surface area contributed by atoms with Crippen LogP contribution in [0.5, 0.6) is 0 Å². The molecule has 2 rings (SSSR count). The summed E-state index contributed by atoms with van der Waals surface area (Å²) in [5.74, 6) is -1.77. The quantitative estimate of drug-likeness (QED) is 0.481. The Kier molecular flexibility index (Phi) is 7.26. The molecule has 2 aromatic rings. The molecule has 0 aliphatic heterocycles. The number of hydrogen-bond acceptors (Lipinski definition) is 5. The maximum atomic E-state index is 13.0. The second-order valence-electron chi connectivity index (χ2n) is 6.48. The number of ketones is 1. The molecule has 0 aromatic heterocycles. The summed E-state index contributed by atoms with van der Waals surface area (Å²) in [7, 11) is -3.74. The number of hydrogen-bond donors (Lipinski definition) is 0. The number of benzene rings is 2. The van der Waals surface area contributed by atoms with Crippen LogP contribution in [0.3, 0.4) is 0 Å². The van der Waals surface area contributed by atoms with Gasteiger partial charge in [0.2, 0.25) is 15.8 Å². The van der Waals surface area contributed by atoms with Crippen LogP contribution in [0.2, 0.25) is 0 Å². The van der Waals surface area contributed by atoms with Crippen molar-refractivity contribution in [3.8, 4) is 0 Å². The predicted molar refractivity (Wildman–Crippen MR) is 107 cm³/mol. The Balaban J connectivity index is 2.26. The molecule has 0 saturated heterocycles. The molecule has 0 aliphatic rings. The van der Waals surface area contributed by atoms with Gasteiger partial charge >= 0.3 is 5.97 Å². The topological polar surface area (TPSA) is 80.8 Å². The maximum absolute atomic E-state index is 13.0. The second kappa shape index (κ2) is 9.28. The highest BCUT2D eigenvalue weighted by Crippen LogP contribution is 2.21. The normalized spacial score (nSPS) is 12.6. The van der Waals surface area contributed by atoms with Crippen LogP contribution in [0.4, 0.5) is 4.39 Å². The van der Waals surface area contributed by atoms with Gasteiger partial charge in [-0.3, -0.25) is 4.79 Å². The average molecular weight is 421 g/mol. The van der Waals surface area contributed by atoms with E-state index in [1.165, 1.54) is 41.6 Å². The van der Waals surface area contributed by atoms with Gasteiger partial charge in [0.15, 0.2) is 6.10 Å². The monoisotopic (exact) mass is 421 g/mol. The summed E-state index contributed by atoms with van der Waals surface area (Å²) < 4.78 is 45.0. The first-order valence-electron chi connectivity index (χ1n) is 9.23. The van der Waals surface area contributed by atoms with Gasteiger partial charge in [-0.2, -0.15) is 4.31 Å². The molecule has 0 radical (unpaired) electrons. The van der Waals surface area contributed by atoms with Gasteiger partial charge in [0.1, 0.15) is 5.82 Å². The van der Waals surface area contributed by atoms with E-state index in [9.17, 15) is 22.4 Å². The van der Waals surface area contributed by atoms with Crippen LogP contribution in [-0.4, -0.2) is 43.7 Å². The van der Waals surface area contributed by atoms with Gasteiger partial charge in [0, 0.05) is 18.7 Å². The number of rotatable bonds is 8. The van der Waals surface area contributed by atoms with Crippen LogP contribution < -0.4 is 0 Å². The van der Waals surface area contributed by atoms with Crippen molar-refractivity contribution in [2.45, 2.75) is 38.7 Å². The zero-order valence-corrected chi connectivity index (χ0v) is 17.6. The molecule has 1 atom stereocenters. The average Bonchev–Trinajstić information content (AvgIpc) is 2.68. The lowest BCUT2D eigenvalue weighted by molar-refractivity contribution is 0.0318. The van der Waals surface area contributed by atoms with Crippen molar-refractivity contribution in [3.05, 3.63) is 65.0 Å². The van der Waals surface area contributed by atoms with Crippen molar-refractivity contribution in [2.24, 2.45) is 0 Å². The highest BCUT2D eigenvalue weighted by Gasteiger charge is 2.26. The minimum atomic E-state index is -3.74. The van der Waals surface area contributed by atoms with Gasteiger partial charge in [-0.25, -0.2) is 17.6 Å². The van der Waals surface area contributed by atoms with E-state index in [0.717, 1.165) is 12.1 Å². The Labute approximate surface area is 170 Å². The number of nitrogens with zero attached hydrogens (tertiary/aromatic N) is 1. The van der Waals surface area contributed by atoms with Crippen LogP contribution >= 0.6 is 0 Å². The van der Waals surface area contributed by atoms with Gasteiger partial charge in [-0.1, -0.05) is 19.9 Å². The third-order valence-corrected chi connectivity index (χ3v) is 6.60. The molecule has 2 aromatic carbocycles.